The molecule has 29 heavy (non-hydrogen) atoms. The van der Waals surface area contributed by atoms with E-state index in [4.69, 9.17) is 26.6 Å². The van der Waals surface area contributed by atoms with E-state index in [-0.39, 0.29) is 6.10 Å². The minimum atomic E-state index is -0.746. The molecule has 0 saturated carbocycles. The van der Waals surface area contributed by atoms with Crippen LogP contribution >= 0.6 is 11.6 Å². The summed E-state index contributed by atoms with van der Waals surface area (Å²) in [4.78, 5) is 2.87. The molecule has 2 atom stereocenters. The van der Waals surface area contributed by atoms with Crippen molar-refractivity contribution in [2.75, 3.05) is 6.54 Å². The predicted molar refractivity (Wildman–Crippen MR) is 114 cm³/mol. The molecule has 0 radical (unpaired) electrons. The van der Waals surface area contributed by atoms with E-state index in [1.165, 1.54) is 11.1 Å². The molecule has 0 bridgehead atoms. The van der Waals surface area contributed by atoms with Gasteiger partial charge < -0.3 is 9.47 Å². The summed E-state index contributed by atoms with van der Waals surface area (Å²) in [6.07, 6.45) is 3.30. The Hall–Kier alpha value is -2.04. The van der Waals surface area contributed by atoms with E-state index in [2.05, 4.69) is 54.2 Å². The number of ether oxygens (including phenoxy) is 2. The molecule has 2 aromatic carbocycles. The molecule has 152 valence electrons. The number of azide groups is 1. The summed E-state index contributed by atoms with van der Waals surface area (Å²) in [7, 11) is 0. The quantitative estimate of drug-likeness (QED) is 0.315. The highest BCUT2D eigenvalue weighted by Crippen LogP contribution is 2.46. The maximum absolute atomic E-state index is 8.62. The van der Waals surface area contributed by atoms with Crippen LogP contribution in [-0.4, -0.2) is 12.6 Å². The Morgan fingerprint density at radius 1 is 1.28 bits per heavy atom. The van der Waals surface area contributed by atoms with Gasteiger partial charge in [-0.15, -0.1) is 0 Å². The zero-order valence-electron chi connectivity index (χ0n) is 16.9. The van der Waals surface area contributed by atoms with Gasteiger partial charge in [0.2, 0.25) is 0 Å². The number of rotatable bonds is 5. The largest absolute Gasteiger partial charge is 0.342 e. The van der Waals surface area contributed by atoms with Crippen molar-refractivity contribution in [1.82, 2.24) is 0 Å². The molecule has 2 aliphatic rings. The van der Waals surface area contributed by atoms with Crippen LogP contribution in [0.3, 0.4) is 0 Å². The lowest BCUT2D eigenvalue weighted by Gasteiger charge is -2.38. The Bertz CT molecular complexity index is 938. The topological polar surface area (TPSA) is 67.2 Å². The third-order valence-electron chi connectivity index (χ3n) is 5.92. The number of nitrogens with zero attached hydrogens (tertiary/aromatic N) is 3. The van der Waals surface area contributed by atoms with Crippen molar-refractivity contribution < 1.29 is 9.47 Å². The Morgan fingerprint density at radius 2 is 2.07 bits per heavy atom. The lowest BCUT2D eigenvalue weighted by atomic mass is 9.91. The highest BCUT2D eigenvalue weighted by Gasteiger charge is 2.45. The second-order valence-corrected chi connectivity index (χ2v) is 8.67. The van der Waals surface area contributed by atoms with Gasteiger partial charge >= 0.3 is 0 Å². The van der Waals surface area contributed by atoms with Crippen molar-refractivity contribution in [3.63, 3.8) is 0 Å². The molecule has 4 rings (SSSR count). The van der Waals surface area contributed by atoms with Gasteiger partial charge in [0.25, 0.3) is 0 Å². The molecular formula is C23H26ClN3O2. The van der Waals surface area contributed by atoms with Crippen molar-refractivity contribution in [3.8, 4) is 0 Å². The second kappa shape index (κ2) is 8.37. The van der Waals surface area contributed by atoms with E-state index in [9.17, 15) is 0 Å². The Labute approximate surface area is 176 Å². The van der Waals surface area contributed by atoms with Gasteiger partial charge in [0, 0.05) is 21.9 Å². The van der Waals surface area contributed by atoms with E-state index < -0.39 is 5.79 Å². The molecule has 1 saturated heterocycles. The summed E-state index contributed by atoms with van der Waals surface area (Å²) in [5.41, 5.74) is 14.4. The fourth-order valence-electron chi connectivity index (χ4n) is 4.29. The van der Waals surface area contributed by atoms with Crippen molar-refractivity contribution in [3.05, 3.63) is 79.7 Å². The Balaban J connectivity index is 1.60. The van der Waals surface area contributed by atoms with Gasteiger partial charge in [0.05, 0.1) is 19.3 Å². The summed E-state index contributed by atoms with van der Waals surface area (Å²) in [6.45, 7) is 5.22. The predicted octanol–water partition coefficient (Wildman–Crippen LogP) is 6.62. The zero-order chi connectivity index (χ0) is 20.4. The minimum absolute atomic E-state index is 0.117. The molecule has 5 nitrogen and oxygen atoms in total. The van der Waals surface area contributed by atoms with Crippen LogP contribution in [0.2, 0.25) is 5.02 Å². The van der Waals surface area contributed by atoms with Gasteiger partial charge in [-0.3, -0.25) is 0 Å². The summed E-state index contributed by atoms with van der Waals surface area (Å²) >= 11 is 6.61. The van der Waals surface area contributed by atoms with Crippen LogP contribution in [0.1, 0.15) is 66.8 Å². The van der Waals surface area contributed by atoms with Crippen LogP contribution in [0.25, 0.3) is 10.4 Å². The number of fused-ring (bicyclic) bond motifs is 2. The van der Waals surface area contributed by atoms with E-state index in [1.54, 1.807) is 0 Å². The average molecular weight is 412 g/mol. The first-order chi connectivity index (χ1) is 14.0. The fraction of sp³-hybridized carbons (Fsp3) is 0.478. The van der Waals surface area contributed by atoms with Crippen molar-refractivity contribution in [2.45, 2.75) is 63.9 Å². The summed E-state index contributed by atoms with van der Waals surface area (Å²) in [5.74, 6) is -0.226. The van der Waals surface area contributed by atoms with Gasteiger partial charge in [-0.1, -0.05) is 54.8 Å². The van der Waals surface area contributed by atoms with Crippen LogP contribution in [0.15, 0.2) is 41.5 Å². The third kappa shape index (κ3) is 4.15. The highest BCUT2D eigenvalue weighted by molar-refractivity contribution is 6.31. The lowest BCUT2D eigenvalue weighted by molar-refractivity contribution is -0.280. The molecule has 2 aromatic rings. The van der Waals surface area contributed by atoms with Crippen LogP contribution in [0, 0.1) is 0 Å². The lowest BCUT2D eigenvalue weighted by Crippen LogP contribution is -2.39. The first kappa shape index (κ1) is 20.2. The maximum Gasteiger partial charge on any atom is 0.195 e. The SMILES string of the molecule is CC(C)c1ccc(Cc2cc3c(cc2Cl)CO[C@]32CCC[C@H](CN=[N+]=[N-])O2)cc1. The van der Waals surface area contributed by atoms with Crippen molar-refractivity contribution >= 4 is 11.6 Å². The van der Waals surface area contributed by atoms with Crippen molar-refractivity contribution in [1.29, 1.82) is 0 Å². The first-order valence-electron chi connectivity index (χ1n) is 10.2. The number of benzene rings is 2. The summed E-state index contributed by atoms with van der Waals surface area (Å²) in [6, 6.07) is 12.9. The van der Waals surface area contributed by atoms with E-state index >= 15 is 0 Å². The van der Waals surface area contributed by atoms with Crippen LogP contribution in [0.5, 0.6) is 0 Å². The van der Waals surface area contributed by atoms with E-state index in [0.717, 1.165) is 47.4 Å². The number of hydrogen-bond acceptors (Lipinski definition) is 3. The van der Waals surface area contributed by atoms with Gasteiger partial charge in [0.1, 0.15) is 0 Å². The smallest absolute Gasteiger partial charge is 0.195 e. The van der Waals surface area contributed by atoms with E-state index in [1.807, 2.05) is 6.07 Å². The monoisotopic (exact) mass is 411 g/mol. The minimum Gasteiger partial charge on any atom is -0.342 e. The normalized spacial score (nSPS) is 23.2. The maximum atomic E-state index is 8.62. The van der Waals surface area contributed by atoms with Gasteiger partial charge in [-0.25, -0.2) is 0 Å². The molecule has 6 heteroatoms. The summed E-state index contributed by atoms with van der Waals surface area (Å²) < 4.78 is 12.5. The fourth-order valence-corrected chi connectivity index (χ4v) is 4.54. The molecule has 0 amide bonds. The first-order valence-corrected chi connectivity index (χ1v) is 10.6. The number of hydrogen-bond donors (Lipinski definition) is 0. The molecule has 0 unspecified atom stereocenters. The second-order valence-electron chi connectivity index (χ2n) is 8.26. The molecule has 2 heterocycles. The average Bonchev–Trinajstić information content (AvgIpc) is 3.04. The molecule has 1 fully saturated rings. The Morgan fingerprint density at radius 3 is 2.79 bits per heavy atom. The molecule has 0 aromatic heterocycles. The van der Waals surface area contributed by atoms with Crippen LogP contribution < -0.4 is 0 Å². The zero-order valence-corrected chi connectivity index (χ0v) is 17.7. The molecule has 1 spiro atoms. The molecule has 2 aliphatic heterocycles. The van der Waals surface area contributed by atoms with Gasteiger partial charge in [0.15, 0.2) is 5.79 Å². The number of halogens is 1. The Kier molecular flexibility index (Phi) is 5.84. The molecule has 0 aliphatic carbocycles. The highest BCUT2D eigenvalue weighted by atomic mass is 35.5. The van der Waals surface area contributed by atoms with Gasteiger partial charge in [-0.05, 0) is 65.1 Å². The van der Waals surface area contributed by atoms with Crippen LogP contribution in [-0.2, 0) is 28.3 Å². The molecular weight excluding hydrogens is 386 g/mol. The van der Waals surface area contributed by atoms with Gasteiger partial charge in [-0.2, -0.15) is 0 Å². The van der Waals surface area contributed by atoms with Crippen LogP contribution in [0.4, 0.5) is 0 Å². The molecule has 0 N–H and O–H groups in total. The van der Waals surface area contributed by atoms with Crippen molar-refractivity contribution in [2.24, 2.45) is 5.11 Å². The van der Waals surface area contributed by atoms with E-state index in [0.29, 0.717) is 19.1 Å². The third-order valence-corrected chi connectivity index (χ3v) is 6.27. The standard InChI is InChI=1S/C23H26ClN3O2/c1-15(2)17-7-5-16(6-8-17)10-18-11-21-19(12-22(18)24)14-28-23(21)9-3-4-20(29-23)13-26-27-25/h5-8,11-12,15,20H,3-4,9-10,13-14H2,1-2H3/t20-,23+/m1/s1. The summed E-state index contributed by atoms with van der Waals surface area (Å²) in [5, 5.41) is 4.45.